The summed E-state index contributed by atoms with van der Waals surface area (Å²) in [6, 6.07) is -0.792. The highest BCUT2D eigenvalue weighted by Crippen LogP contribution is 2.37. The number of hydrogen-bond donors (Lipinski definition) is 0. The van der Waals surface area contributed by atoms with Gasteiger partial charge in [0.05, 0.1) is 18.4 Å². The predicted octanol–water partition coefficient (Wildman–Crippen LogP) is 3.25. The Morgan fingerprint density at radius 2 is 1.69 bits per heavy atom. The van der Waals surface area contributed by atoms with Crippen LogP contribution in [0.4, 0.5) is 0 Å². The Labute approximate surface area is 155 Å². The first-order chi connectivity index (χ1) is 12.5. The van der Waals surface area contributed by atoms with Crippen LogP contribution in [-0.4, -0.2) is 35.3 Å². The molecule has 4 unspecified atom stereocenters. The topological polar surface area (TPSA) is 63.7 Å². The molecule has 3 rings (SSSR count). The largest absolute Gasteiger partial charge is 0.464 e. The number of likely N-dealkylation sites (tertiary alicyclic amines) is 1. The van der Waals surface area contributed by atoms with Crippen molar-refractivity contribution in [1.82, 2.24) is 4.90 Å². The molecule has 0 aromatic heterocycles. The average molecular weight is 359 g/mol. The number of imide groups is 1. The van der Waals surface area contributed by atoms with Gasteiger partial charge in [0.15, 0.2) is 0 Å². The van der Waals surface area contributed by atoms with E-state index < -0.39 is 12.0 Å². The molecule has 0 N–H and O–H groups in total. The summed E-state index contributed by atoms with van der Waals surface area (Å²) in [4.78, 5) is 39.7. The predicted molar refractivity (Wildman–Crippen MR) is 97.9 cm³/mol. The molecule has 0 saturated carbocycles. The summed E-state index contributed by atoms with van der Waals surface area (Å²) in [7, 11) is 0. The van der Waals surface area contributed by atoms with E-state index in [0.717, 1.165) is 19.3 Å². The molecule has 4 atom stereocenters. The van der Waals surface area contributed by atoms with Crippen molar-refractivity contribution in [2.45, 2.75) is 58.4 Å². The maximum Gasteiger partial charge on any atom is 0.329 e. The summed E-state index contributed by atoms with van der Waals surface area (Å²) in [5, 5.41) is 0. The van der Waals surface area contributed by atoms with E-state index in [1.807, 2.05) is 26.0 Å². The Morgan fingerprint density at radius 1 is 1.08 bits per heavy atom. The van der Waals surface area contributed by atoms with E-state index in [1.165, 1.54) is 4.90 Å². The molecule has 26 heavy (non-hydrogen) atoms. The summed E-state index contributed by atoms with van der Waals surface area (Å²) in [6.07, 6.45) is 12.8. The molecule has 1 saturated heterocycles. The maximum absolute atomic E-state index is 12.8. The van der Waals surface area contributed by atoms with Gasteiger partial charge in [-0.1, -0.05) is 38.2 Å². The standard InChI is InChI=1S/C21H29NO4/c1-14(2)12-18(21(25)26-13-15-8-4-3-5-9-15)22-19(23)16-10-6-7-11-17(16)20(22)24/h3-4,6-7,14-18H,5,8-13H2,1-2H3. The minimum absolute atomic E-state index is 0.187. The first-order valence-corrected chi connectivity index (χ1v) is 9.82. The third kappa shape index (κ3) is 3.92. The zero-order valence-electron chi connectivity index (χ0n) is 15.7. The van der Waals surface area contributed by atoms with Crippen LogP contribution in [0, 0.1) is 23.7 Å². The number of nitrogens with zero attached hydrogens (tertiary/aromatic N) is 1. The van der Waals surface area contributed by atoms with Crippen LogP contribution in [0.2, 0.25) is 0 Å². The molecule has 142 valence electrons. The van der Waals surface area contributed by atoms with Gasteiger partial charge in [0.25, 0.3) is 0 Å². The first-order valence-electron chi connectivity index (χ1n) is 9.82. The van der Waals surface area contributed by atoms with Crippen LogP contribution in [0.5, 0.6) is 0 Å². The molecule has 2 aliphatic carbocycles. The van der Waals surface area contributed by atoms with Gasteiger partial charge in [0, 0.05) is 0 Å². The fourth-order valence-electron chi connectivity index (χ4n) is 4.19. The molecule has 0 bridgehead atoms. The summed E-state index contributed by atoms with van der Waals surface area (Å²) in [5.41, 5.74) is 0. The molecule has 1 fully saturated rings. The third-order valence-corrected chi connectivity index (χ3v) is 5.66. The molecule has 0 aromatic carbocycles. The SMILES string of the molecule is CC(C)CC(C(=O)OCC1CC=CCC1)N1C(=O)C2CC=CCC2C1=O. The normalized spacial score (nSPS) is 29.2. The number of rotatable bonds is 6. The van der Waals surface area contributed by atoms with Crippen LogP contribution in [0.1, 0.15) is 52.4 Å². The van der Waals surface area contributed by atoms with Gasteiger partial charge in [-0.3, -0.25) is 14.5 Å². The first kappa shape index (κ1) is 18.9. The lowest BCUT2D eigenvalue weighted by atomic mass is 9.85. The van der Waals surface area contributed by atoms with Gasteiger partial charge in [0.1, 0.15) is 6.04 Å². The molecule has 1 aliphatic heterocycles. The number of allylic oxidation sites excluding steroid dienone is 4. The van der Waals surface area contributed by atoms with Crippen LogP contribution >= 0.6 is 0 Å². The number of carbonyl (C=O) groups excluding carboxylic acids is 3. The molecule has 0 radical (unpaired) electrons. The van der Waals surface area contributed by atoms with Crippen molar-refractivity contribution in [1.29, 1.82) is 0 Å². The van der Waals surface area contributed by atoms with Crippen molar-refractivity contribution in [3.8, 4) is 0 Å². The van der Waals surface area contributed by atoms with Crippen LogP contribution in [-0.2, 0) is 19.1 Å². The Morgan fingerprint density at radius 3 is 2.23 bits per heavy atom. The van der Waals surface area contributed by atoms with Gasteiger partial charge >= 0.3 is 5.97 Å². The van der Waals surface area contributed by atoms with Crippen LogP contribution in [0.25, 0.3) is 0 Å². The van der Waals surface area contributed by atoms with Gasteiger partial charge in [-0.05, 0) is 50.4 Å². The van der Waals surface area contributed by atoms with Crippen LogP contribution in [0.3, 0.4) is 0 Å². The maximum atomic E-state index is 12.8. The van der Waals surface area contributed by atoms with Gasteiger partial charge < -0.3 is 4.74 Å². The van der Waals surface area contributed by atoms with E-state index in [0.29, 0.717) is 31.8 Å². The van der Waals surface area contributed by atoms with Crippen molar-refractivity contribution in [3.05, 3.63) is 24.3 Å². The highest BCUT2D eigenvalue weighted by molar-refractivity contribution is 6.08. The molecule has 1 heterocycles. The number of fused-ring (bicyclic) bond motifs is 1. The fourth-order valence-corrected chi connectivity index (χ4v) is 4.19. The lowest BCUT2D eigenvalue weighted by Gasteiger charge is -2.27. The van der Waals surface area contributed by atoms with Crippen molar-refractivity contribution < 1.29 is 19.1 Å². The van der Waals surface area contributed by atoms with Gasteiger partial charge in [-0.15, -0.1) is 0 Å². The lowest BCUT2D eigenvalue weighted by Crippen LogP contribution is -2.47. The minimum atomic E-state index is -0.792. The average Bonchev–Trinajstić information content (AvgIpc) is 2.90. The summed E-state index contributed by atoms with van der Waals surface area (Å²) >= 11 is 0. The van der Waals surface area contributed by atoms with Gasteiger partial charge in [0.2, 0.25) is 11.8 Å². The monoisotopic (exact) mass is 359 g/mol. The number of esters is 1. The van der Waals surface area contributed by atoms with E-state index in [9.17, 15) is 14.4 Å². The van der Waals surface area contributed by atoms with Crippen LogP contribution in [0.15, 0.2) is 24.3 Å². The Bertz CT molecular complexity index is 596. The molecule has 5 nitrogen and oxygen atoms in total. The highest BCUT2D eigenvalue weighted by atomic mass is 16.5. The second-order valence-electron chi connectivity index (χ2n) is 8.13. The van der Waals surface area contributed by atoms with Crippen molar-refractivity contribution in [2.24, 2.45) is 23.7 Å². The smallest absolute Gasteiger partial charge is 0.329 e. The molecule has 3 aliphatic rings. The fraction of sp³-hybridized carbons (Fsp3) is 0.667. The van der Waals surface area contributed by atoms with E-state index in [4.69, 9.17) is 4.74 Å². The van der Waals surface area contributed by atoms with E-state index in [-0.39, 0.29) is 29.6 Å². The summed E-state index contributed by atoms with van der Waals surface area (Å²) in [6.45, 7) is 4.35. The van der Waals surface area contributed by atoms with Crippen molar-refractivity contribution in [3.63, 3.8) is 0 Å². The van der Waals surface area contributed by atoms with Gasteiger partial charge in [-0.25, -0.2) is 4.79 Å². The summed E-state index contributed by atoms with van der Waals surface area (Å²) in [5.74, 6) is -0.925. The molecule has 2 amide bonds. The molecule has 0 spiro atoms. The minimum Gasteiger partial charge on any atom is -0.464 e. The number of hydrogen-bond acceptors (Lipinski definition) is 4. The second-order valence-corrected chi connectivity index (χ2v) is 8.13. The van der Waals surface area contributed by atoms with Crippen LogP contribution < -0.4 is 0 Å². The number of carbonyl (C=O) groups is 3. The lowest BCUT2D eigenvalue weighted by molar-refractivity contribution is -0.160. The summed E-state index contributed by atoms with van der Waals surface area (Å²) < 4.78 is 5.57. The van der Waals surface area contributed by atoms with Crippen molar-refractivity contribution >= 4 is 17.8 Å². The van der Waals surface area contributed by atoms with E-state index >= 15 is 0 Å². The molecular formula is C21H29NO4. The zero-order chi connectivity index (χ0) is 18.7. The van der Waals surface area contributed by atoms with E-state index in [1.54, 1.807) is 0 Å². The highest BCUT2D eigenvalue weighted by Gasteiger charge is 2.51. The quantitative estimate of drug-likeness (QED) is 0.415. The molecule has 0 aromatic rings. The Kier molecular flexibility index (Phi) is 5.94. The molecular weight excluding hydrogens is 330 g/mol. The van der Waals surface area contributed by atoms with E-state index in [2.05, 4.69) is 12.2 Å². The Hall–Kier alpha value is -1.91. The Balaban J connectivity index is 1.70. The molecule has 5 heteroatoms. The third-order valence-electron chi connectivity index (χ3n) is 5.66. The zero-order valence-corrected chi connectivity index (χ0v) is 15.7. The second kappa shape index (κ2) is 8.19. The number of amides is 2. The number of ether oxygens (including phenoxy) is 1. The van der Waals surface area contributed by atoms with Crippen molar-refractivity contribution in [2.75, 3.05) is 6.61 Å². The van der Waals surface area contributed by atoms with Gasteiger partial charge in [-0.2, -0.15) is 0 Å².